The van der Waals surface area contributed by atoms with Crippen LogP contribution in [0.25, 0.3) is 0 Å². The van der Waals surface area contributed by atoms with Crippen molar-refractivity contribution in [3.05, 3.63) is 33.4 Å². The molecule has 8 heteroatoms. The van der Waals surface area contributed by atoms with Gasteiger partial charge in [-0.1, -0.05) is 12.1 Å². The highest BCUT2D eigenvalue weighted by Crippen LogP contribution is 2.41. The normalized spacial score (nSPS) is 12.9. The van der Waals surface area contributed by atoms with Crippen molar-refractivity contribution in [1.29, 1.82) is 0 Å². The van der Waals surface area contributed by atoms with Crippen LogP contribution in [0.4, 0.5) is 26.3 Å². The van der Waals surface area contributed by atoms with Gasteiger partial charge in [0.15, 0.2) is 5.78 Å². The fourth-order valence-electron chi connectivity index (χ4n) is 1.26. The average Bonchev–Trinajstić information content (AvgIpc) is 2.13. The first kappa shape index (κ1) is 15.3. The van der Waals surface area contributed by atoms with Crippen LogP contribution in [-0.4, -0.2) is 18.1 Å². The molecule has 0 unspecified atom stereocenters. The Bertz CT molecular complexity index is 419. The van der Waals surface area contributed by atoms with Crippen LogP contribution in [0.5, 0.6) is 0 Å². The van der Waals surface area contributed by atoms with Crippen LogP contribution >= 0.6 is 22.6 Å². The van der Waals surface area contributed by atoms with E-state index >= 15 is 0 Å². The minimum Gasteiger partial charge on any atom is -0.293 e. The highest BCUT2D eigenvalue weighted by atomic mass is 127. The van der Waals surface area contributed by atoms with Crippen molar-refractivity contribution in [3.63, 3.8) is 0 Å². The van der Waals surface area contributed by atoms with Crippen LogP contribution in [0.3, 0.4) is 0 Å². The van der Waals surface area contributed by atoms with Gasteiger partial charge in [-0.2, -0.15) is 26.3 Å². The Morgan fingerprint density at radius 3 is 1.67 bits per heavy atom. The van der Waals surface area contributed by atoms with Gasteiger partial charge >= 0.3 is 12.4 Å². The molecule has 0 amide bonds. The Hall–Kier alpha value is -0.800. The Labute approximate surface area is 111 Å². The molecule has 0 aromatic heterocycles. The lowest BCUT2D eigenvalue weighted by molar-refractivity contribution is -0.264. The van der Waals surface area contributed by atoms with Crippen LogP contribution in [0.1, 0.15) is 10.4 Å². The molecule has 0 atom stereocenters. The number of carbonyl (C=O) groups is 1. The summed E-state index contributed by atoms with van der Waals surface area (Å²) in [7, 11) is 0. The predicted octanol–water partition coefficient (Wildman–Crippen LogP) is 4.21. The van der Waals surface area contributed by atoms with Gasteiger partial charge in [0.05, 0.1) is 0 Å². The predicted molar refractivity (Wildman–Crippen MR) is 59.1 cm³/mol. The molecule has 18 heavy (non-hydrogen) atoms. The summed E-state index contributed by atoms with van der Waals surface area (Å²) in [5, 5.41) is 0. The first-order valence-corrected chi connectivity index (χ1v) is 5.54. The van der Waals surface area contributed by atoms with Crippen molar-refractivity contribution in [2.45, 2.75) is 12.4 Å². The topological polar surface area (TPSA) is 17.1 Å². The molecule has 0 bridgehead atoms. The number of ketones is 1. The van der Waals surface area contributed by atoms with Crippen molar-refractivity contribution < 1.29 is 31.1 Å². The first-order chi connectivity index (χ1) is 8.03. The fraction of sp³-hybridized carbons (Fsp3) is 0.300. The molecule has 0 saturated carbocycles. The van der Waals surface area contributed by atoms with E-state index in [4.69, 9.17) is 0 Å². The number of rotatable bonds is 2. The van der Waals surface area contributed by atoms with Crippen molar-refractivity contribution in [1.82, 2.24) is 0 Å². The Morgan fingerprint density at radius 1 is 0.944 bits per heavy atom. The van der Waals surface area contributed by atoms with E-state index in [2.05, 4.69) is 0 Å². The van der Waals surface area contributed by atoms with Gasteiger partial charge in [-0.3, -0.25) is 4.79 Å². The summed E-state index contributed by atoms with van der Waals surface area (Å²) in [5.74, 6) is -5.98. The zero-order valence-electron chi connectivity index (χ0n) is 8.44. The van der Waals surface area contributed by atoms with Crippen LogP contribution in [-0.2, 0) is 0 Å². The molecule has 0 aliphatic rings. The molecule has 1 aromatic rings. The van der Waals surface area contributed by atoms with Crippen molar-refractivity contribution in [3.8, 4) is 0 Å². The number of halogens is 7. The molecular formula is C10H5F6IO. The SMILES string of the molecule is O=C(c1ccc(I)cc1)C(C(F)(F)F)C(F)(F)F. The summed E-state index contributed by atoms with van der Waals surface area (Å²) in [6.07, 6.45) is -11.3. The summed E-state index contributed by atoms with van der Waals surface area (Å²) in [6.45, 7) is 0. The van der Waals surface area contributed by atoms with Crippen molar-refractivity contribution in [2.24, 2.45) is 5.92 Å². The zero-order valence-corrected chi connectivity index (χ0v) is 10.6. The number of Topliss-reactive ketones (excluding diaryl/α,β-unsaturated/α-hetero) is 1. The number of alkyl halides is 6. The van der Waals surface area contributed by atoms with Crippen LogP contribution in [0, 0.1) is 9.49 Å². The maximum atomic E-state index is 12.3. The summed E-state index contributed by atoms with van der Waals surface area (Å²) >= 11 is 1.81. The van der Waals surface area contributed by atoms with E-state index < -0.39 is 29.6 Å². The highest BCUT2D eigenvalue weighted by molar-refractivity contribution is 14.1. The Balaban J connectivity index is 3.16. The zero-order chi connectivity index (χ0) is 14.1. The second kappa shape index (κ2) is 5.06. The molecule has 0 aliphatic heterocycles. The summed E-state index contributed by atoms with van der Waals surface area (Å²) in [4.78, 5) is 11.3. The van der Waals surface area contributed by atoms with Crippen molar-refractivity contribution >= 4 is 28.4 Å². The van der Waals surface area contributed by atoms with E-state index in [1.165, 1.54) is 12.1 Å². The summed E-state index contributed by atoms with van der Waals surface area (Å²) in [6, 6.07) is 4.40. The lowest BCUT2D eigenvalue weighted by Gasteiger charge is -2.21. The van der Waals surface area contributed by atoms with Crippen molar-refractivity contribution in [2.75, 3.05) is 0 Å². The van der Waals surface area contributed by atoms with Crippen LogP contribution in [0.2, 0.25) is 0 Å². The molecule has 0 aliphatic carbocycles. The van der Waals surface area contributed by atoms with Gasteiger partial charge in [0.25, 0.3) is 0 Å². The molecule has 1 aromatic carbocycles. The van der Waals surface area contributed by atoms with Gasteiger partial charge in [-0.25, -0.2) is 0 Å². The number of hydrogen-bond donors (Lipinski definition) is 0. The minimum absolute atomic E-state index is 0.597. The third kappa shape index (κ3) is 3.59. The third-order valence-corrected chi connectivity index (χ3v) is 2.76. The number of hydrogen-bond acceptors (Lipinski definition) is 1. The van der Waals surface area contributed by atoms with Gasteiger partial charge in [0.1, 0.15) is 0 Å². The first-order valence-electron chi connectivity index (χ1n) is 4.46. The Morgan fingerprint density at radius 2 is 1.33 bits per heavy atom. The van der Waals surface area contributed by atoms with E-state index in [1.807, 2.05) is 22.6 Å². The van der Waals surface area contributed by atoms with Crippen LogP contribution in [0.15, 0.2) is 24.3 Å². The number of carbonyl (C=O) groups excluding carboxylic acids is 1. The molecule has 1 nitrogen and oxygen atoms in total. The molecule has 0 spiro atoms. The largest absolute Gasteiger partial charge is 0.407 e. The summed E-state index contributed by atoms with van der Waals surface area (Å²) in [5.41, 5.74) is -0.616. The highest BCUT2D eigenvalue weighted by Gasteiger charge is 2.60. The minimum atomic E-state index is -5.65. The van der Waals surface area contributed by atoms with Gasteiger partial charge in [-0.05, 0) is 34.7 Å². The van der Waals surface area contributed by atoms with E-state index in [-0.39, 0.29) is 0 Å². The average molecular weight is 382 g/mol. The Kier molecular flexibility index (Phi) is 4.29. The maximum absolute atomic E-state index is 12.3. The maximum Gasteiger partial charge on any atom is 0.407 e. The van der Waals surface area contributed by atoms with Gasteiger partial charge in [0.2, 0.25) is 5.92 Å². The van der Waals surface area contributed by atoms with Gasteiger partial charge < -0.3 is 0 Å². The summed E-state index contributed by atoms with van der Waals surface area (Å²) < 4.78 is 74.3. The second-order valence-corrected chi connectivity index (χ2v) is 4.63. The lowest BCUT2D eigenvalue weighted by Crippen LogP contribution is -2.42. The molecular weight excluding hydrogens is 377 g/mol. The monoisotopic (exact) mass is 382 g/mol. The molecule has 0 N–H and O–H groups in total. The van der Waals surface area contributed by atoms with Gasteiger partial charge in [0, 0.05) is 9.13 Å². The standard InChI is InChI=1S/C10H5F6IO/c11-9(12,13)8(10(14,15)16)7(18)5-1-3-6(17)4-2-5/h1-4,8H. The smallest absolute Gasteiger partial charge is 0.293 e. The van der Waals surface area contributed by atoms with Crippen LogP contribution < -0.4 is 0 Å². The lowest BCUT2D eigenvalue weighted by atomic mass is 9.96. The molecule has 1 rings (SSSR count). The quantitative estimate of drug-likeness (QED) is 0.426. The fourth-order valence-corrected chi connectivity index (χ4v) is 1.62. The van der Waals surface area contributed by atoms with E-state index in [9.17, 15) is 31.1 Å². The molecule has 100 valence electrons. The number of benzene rings is 1. The van der Waals surface area contributed by atoms with E-state index in [0.717, 1.165) is 12.1 Å². The molecule has 0 saturated heterocycles. The second-order valence-electron chi connectivity index (χ2n) is 3.39. The van der Waals surface area contributed by atoms with E-state index in [1.54, 1.807) is 0 Å². The molecule has 0 radical (unpaired) electrons. The third-order valence-electron chi connectivity index (χ3n) is 2.05. The van der Waals surface area contributed by atoms with E-state index in [0.29, 0.717) is 3.57 Å². The molecule has 0 fully saturated rings. The molecule has 0 heterocycles. The van der Waals surface area contributed by atoms with Gasteiger partial charge in [-0.15, -0.1) is 0 Å².